The summed E-state index contributed by atoms with van der Waals surface area (Å²) in [5.74, 6) is -2.69. The molecule has 23 heavy (non-hydrogen) atoms. The maximum absolute atomic E-state index is 11.4. The van der Waals surface area contributed by atoms with E-state index in [9.17, 15) is 19.2 Å². The van der Waals surface area contributed by atoms with Crippen molar-refractivity contribution in [2.75, 3.05) is 0 Å². The minimum atomic E-state index is -1.29. The quantitative estimate of drug-likeness (QED) is 0.521. The second-order valence-electron chi connectivity index (χ2n) is 5.04. The lowest BCUT2D eigenvalue weighted by Crippen LogP contribution is -2.61. The van der Waals surface area contributed by atoms with E-state index in [1.807, 2.05) is 0 Å². The summed E-state index contributed by atoms with van der Waals surface area (Å²) in [4.78, 5) is 45.1. The SMILES string of the molecule is CC(=O)OC1O[C@@H](C)C(OC(C)=O)[C@H](OC(C)=O)[C@@H]1OC(C)=O. The van der Waals surface area contributed by atoms with Crippen molar-refractivity contribution < 1.29 is 42.9 Å². The van der Waals surface area contributed by atoms with Crippen LogP contribution in [-0.4, -0.2) is 54.6 Å². The van der Waals surface area contributed by atoms with Crippen LogP contribution in [-0.2, 0) is 42.9 Å². The Morgan fingerprint density at radius 3 is 1.48 bits per heavy atom. The molecule has 2 unspecified atom stereocenters. The third-order valence-electron chi connectivity index (χ3n) is 2.92. The van der Waals surface area contributed by atoms with Crippen LogP contribution in [0.4, 0.5) is 0 Å². The normalized spacial score (nSPS) is 30.0. The van der Waals surface area contributed by atoms with Crippen LogP contribution >= 0.6 is 0 Å². The first-order chi connectivity index (χ1) is 10.6. The van der Waals surface area contributed by atoms with Gasteiger partial charge in [0.25, 0.3) is 0 Å². The van der Waals surface area contributed by atoms with E-state index >= 15 is 0 Å². The van der Waals surface area contributed by atoms with Gasteiger partial charge in [0.05, 0.1) is 6.10 Å². The molecule has 0 amide bonds. The molecule has 0 bridgehead atoms. The zero-order valence-electron chi connectivity index (χ0n) is 13.6. The molecule has 0 aromatic heterocycles. The van der Waals surface area contributed by atoms with Gasteiger partial charge in [-0.05, 0) is 6.92 Å². The van der Waals surface area contributed by atoms with E-state index in [1.165, 1.54) is 6.92 Å². The summed E-state index contributed by atoms with van der Waals surface area (Å²) in [6.07, 6.45) is -5.51. The van der Waals surface area contributed by atoms with Crippen molar-refractivity contribution in [2.24, 2.45) is 0 Å². The van der Waals surface area contributed by atoms with Gasteiger partial charge in [-0.3, -0.25) is 19.2 Å². The van der Waals surface area contributed by atoms with Gasteiger partial charge in [0.15, 0.2) is 12.2 Å². The fraction of sp³-hybridized carbons (Fsp3) is 0.714. The summed E-state index contributed by atoms with van der Waals surface area (Å²) in [5.41, 5.74) is 0. The molecule has 1 heterocycles. The minimum Gasteiger partial charge on any atom is -0.456 e. The molecule has 0 aromatic carbocycles. The highest BCUT2D eigenvalue weighted by Crippen LogP contribution is 2.29. The van der Waals surface area contributed by atoms with E-state index in [2.05, 4.69) is 0 Å². The van der Waals surface area contributed by atoms with Crippen LogP contribution < -0.4 is 0 Å². The average Bonchev–Trinajstić information content (AvgIpc) is 2.36. The van der Waals surface area contributed by atoms with Gasteiger partial charge >= 0.3 is 23.9 Å². The molecule has 1 rings (SSSR count). The van der Waals surface area contributed by atoms with Crippen molar-refractivity contribution in [3.05, 3.63) is 0 Å². The molecule has 5 atom stereocenters. The minimum absolute atomic E-state index is 0.630. The Labute approximate surface area is 133 Å². The molecule has 9 heteroatoms. The molecule has 1 aliphatic heterocycles. The van der Waals surface area contributed by atoms with Crippen molar-refractivity contribution in [1.29, 1.82) is 0 Å². The average molecular weight is 332 g/mol. The topological polar surface area (TPSA) is 114 Å². The van der Waals surface area contributed by atoms with Gasteiger partial charge in [0.2, 0.25) is 12.4 Å². The highest BCUT2D eigenvalue weighted by Gasteiger charge is 2.51. The van der Waals surface area contributed by atoms with Gasteiger partial charge in [0.1, 0.15) is 0 Å². The van der Waals surface area contributed by atoms with Gasteiger partial charge in [0, 0.05) is 27.7 Å². The molecule has 9 nitrogen and oxygen atoms in total. The molecule has 0 spiro atoms. The third-order valence-corrected chi connectivity index (χ3v) is 2.92. The van der Waals surface area contributed by atoms with E-state index in [4.69, 9.17) is 23.7 Å². The first-order valence-corrected chi connectivity index (χ1v) is 6.96. The summed E-state index contributed by atoms with van der Waals surface area (Å²) < 4.78 is 25.7. The zero-order chi connectivity index (χ0) is 17.7. The number of carbonyl (C=O) groups is 4. The molecule has 130 valence electrons. The van der Waals surface area contributed by atoms with E-state index in [1.54, 1.807) is 6.92 Å². The maximum Gasteiger partial charge on any atom is 0.305 e. The second kappa shape index (κ2) is 7.91. The summed E-state index contributed by atoms with van der Waals surface area (Å²) >= 11 is 0. The highest BCUT2D eigenvalue weighted by atomic mass is 16.7. The smallest absolute Gasteiger partial charge is 0.305 e. The molecule has 1 saturated heterocycles. The molecule has 0 radical (unpaired) electrons. The fourth-order valence-corrected chi connectivity index (χ4v) is 2.23. The Bertz CT molecular complexity index is 487. The van der Waals surface area contributed by atoms with Crippen LogP contribution in [0.15, 0.2) is 0 Å². The van der Waals surface area contributed by atoms with E-state index in [0.717, 1.165) is 20.8 Å². The van der Waals surface area contributed by atoms with Crippen molar-refractivity contribution in [3.8, 4) is 0 Å². The standard InChI is InChI=1S/C14H20O9/c1-6-11(20-7(2)15)12(21-8(3)16)13(22-9(4)17)14(19-6)23-10(5)18/h6,11-14H,1-5H3/t6-,11?,12-,13-,14?/m0/s1. The number of carbonyl (C=O) groups excluding carboxylic acids is 4. The molecular formula is C14H20O9. The Morgan fingerprint density at radius 1 is 0.652 bits per heavy atom. The Balaban J connectivity index is 3.15. The summed E-state index contributed by atoms with van der Waals surface area (Å²) in [6, 6.07) is 0. The number of rotatable bonds is 4. The van der Waals surface area contributed by atoms with Gasteiger partial charge in [-0.25, -0.2) is 0 Å². The molecule has 1 aliphatic rings. The molecular weight excluding hydrogens is 312 g/mol. The van der Waals surface area contributed by atoms with Crippen LogP contribution in [0, 0.1) is 0 Å². The van der Waals surface area contributed by atoms with E-state index in [-0.39, 0.29) is 0 Å². The molecule has 0 aromatic rings. The monoisotopic (exact) mass is 332 g/mol. The van der Waals surface area contributed by atoms with Crippen LogP contribution in [0.2, 0.25) is 0 Å². The lowest BCUT2D eigenvalue weighted by molar-refractivity contribution is -0.292. The van der Waals surface area contributed by atoms with Crippen LogP contribution in [0.5, 0.6) is 0 Å². The van der Waals surface area contributed by atoms with Crippen molar-refractivity contribution >= 4 is 23.9 Å². The maximum atomic E-state index is 11.4. The largest absolute Gasteiger partial charge is 0.456 e. The summed E-state index contributed by atoms with van der Waals surface area (Å²) in [7, 11) is 0. The summed E-state index contributed by atoms with van der Waals surface area (Å²) in [6.45, 7) is 6.16. The fourth-order valence-electron chi connectivity index (χ4n) is 2.23. The second-order valence-corrected chi connectivity index (χ2v) is 5.04. The van der Waals surface area contributed by atoms with Crippen LogP contribution in [0.25, 0.3) is 0 Å². The van der Waals surface area contributed by atoms with Gasteiger partial charge in [-0.1, -0.05) is 0 Å². The van der Waals surface area contributed by atoms with Crippen LogP contribution in [0.1, 0.15) is 34.6 Å². The van der Waals surface area contributed by atoms with Crippen molar-refractivity contribution in [1.82, 2.24) is 0 Å². The van der Waals surface area contributed by atoms with E-state index in [0.29, 0.717) is 0 Å². The number of hydrogen-bond donors (Lipinski definition) is 0. The van der Waals surface area contributed by atoms with Crippen molar-refractivity contribution in [3.63, 3.8) is 0 Å². The molecule has 0 saturated carbocycles. The third kappa shape index (κ3) is 5.51. The zero-order valence-corrected chi connectivity index (χ0v) is 13.6. The predicted molar refractivity (Wildman–Crippen MR) is 72.8 cm³/mol. The lowest BCUT2D eigenvalue weighted by Gasteiger charge is -2.42. The lowest BCUT2D eigenvalue weighted by atomic mass is 9.99. The van der Waals surface area contributed by atoms with Gasteiger partial charge in [-0.15, -0.1) is 0 Å². The Kier molecular flexibility index (Phi) is 6.49. The molecule has 1 fully saturated rings. The predicted octanol–water partition coefficient (Wildman–Crippen LogP) is 0.0894. The first-order valence-electron chi connectivity index (χ1n) is 6.96. The number of esters is 4. The number of ether oxygens (including phenoxy) is 5. The number of hydrogen-bond acceptors (Lipinski definition) is 9. The molecule has 0 aliphatic carbocycles. The molecule has 0 N–H and O–H groups in total. The van der Waals surface area contributed by atoms with E-state index < -0.39 is 54.6 Å². The first kappa shape index (κ1) is 18.9. The van der Waals surface area contributed by atoms with Crippen molar-refractivity contribution in [2.45, 2.75) is 65.3 Å². The van der Waals surface area contributed by atoms with Crippen LogP contribution in [0.3, 0.4) is 0 Å². The Hall–Kier alpha value is -2.16. The van der Waals surface area contributed by atoms with Gasteiger partial charge < -0.3 is 23.7 Å². The Morgan fingerprint density at radius 2 is 1.04 bits per heavy atom. The summed E-state index contributed by atoms with van der Waals surface area (Å²) in [5, 5.41) is 0. The highest BCUT2D eigenvalue weighted by molar-refractivity contribution is 5.69. The van der Waals surface area contributed by atoms with Gasteiger partial charge in [-0.2, -0.15) is 0 Å².